The zero-order valence-electron chi connectivity index (χ0n) is 10.2. The first-order valence-corrected chi connectivity index (χ1v) is 5.59. The lowest BCUT2D eigenvalue weighted by Crippen LogP contribution is -2.43. The van der Waals surface area contributed by atoms with E-state index in [9.17, 15) is 14.7 Å². The van der Waals surface area contributed by atoms with Crippen LogP contribution in [0.1, 0.15) is 40.0 Å². The van der Waals surface area contributed by atoms with Gasteiger partial charge in [0.05, 0.1) is 12.5 Å². The number of hydrogen-bond donors (Lipinski definition) is 3. The predicted octanol–water partition coefficient (Wildman–Crippen LogP) is 0.164. The van der Waals surface area contributed by atoms with E-state index in [-0.39, 0.29) is 12.3 Å². The summed E-state index contributed by atoms with van der Waals surface area (Å²) < 4.78 is 0. The summed E-state index contributed by atoms with van der Waals surface area (Å²) in [6.07, 6.45) is 0.836. The highest BCUT2D eigenvalue weighted by Crippen LogP contribution is 2.08. The number of hydrogen-bond acceptors (Lipinski definition) is 3. The van der Waals surface area contributed by atoms with Crippen molar-refractivity contribution in [2.75, 3.05) is 0 Å². The van der Waals surface area contributed by atoms with Crippen LogP contribution in [0.3, 0.4) is 0 Å². The van der Waals surface area contributed by atoms with E-state index in [2.05, 4.69) is 19.2 Å². The van der Waals surface area contributed by atoms with Crippen molar-refractivity contribution in [3.63, 3.8) is 0 Å². The Morgan fingerprint density at radius 3 is 2.25 bits per heavy atom. The molecular formula is C11H22N2O3. The fourth-order valence-electron chi connectivity index (χ4n) is 1.21. The van der Waals surface area contributed by atoms with E-state index in [4.69, 9.17) is 5.73 Å². The number of amides is 2. The van der Waals surface area contributed by atoms with E-state index >= 15 is 0 Å². The first kappa shape index (κ1) is 14.9. The SMILES string of the molecule is CC(C)CCC(O)CC(=O)NC(C)C(N)=O. The molecule has 0 saturated heterocycles. The topological polar surface area (TPSA) is 92.4 Å². The van der Waals surface area contributed by atoms with Crippen LogP contribution in [0.25, 0.3) is 0 Å². The molecule has 2 unspecified atom stereocenters. The summed E-state index contributed by atoms with van der Waals surface area (Å²) in [5.41, 5.74) is 5.00. The predicted molar refractivity (Wildman–Crippen MR) is 61.5 cm³/mol. The minimum atomic E-state index is -0.690. The summed E-state index contributed by atoms with van der Waals surface area (Å²) in [6.45, 7) is 5.63. The maximum absolute atomic E-state index is 11.3. The summed E-state index contributed by atoms with van der Waals surface area (Å²) in [4.78, 5) is 22.0. The Labute approximate surface area is 96.4 Å². The van der Waals surface area contributed by atoms with Crippen molar-refractivity contribution in [1.29, 1.82) is 0 Å². The van der Waals surface area contributed by atoms with Crippen LogP contribution in [-0.4, -0.2) is 29.1 Å². The van der Waals surface area contributed by atoms with Gasteiger partial charge in [-0.2, -0.15) is 0 Å². The summed E-state index contributed by atoms with van der Waals surface area (Å²) in [5, 5.41) is 12.0. The molecule has 0 spiro atoms. The quantitative estimate of drug-likeness (QED) is 0.582. The number of carbonyl (C=O) groups is 2. The van der Waals surface area contributed by atoms with Crippen LogP contribution in [0.15, 0.2) is 0 Å². The van der Waals surface area contributed by atoms with E-state index in [1.165, 1.54) is 6.92 Å². The van der Waals surface area contributed by atoms with Crippen molar-refractivity contribution < 1.29 is 14.7 Å². The summed E-state index contributed by atoms with van der Waals surface area (Å²) in [7, 11) is 0. The summed E-state index contributed by atoms with van der Waals surface area (Å²) >= 11 is 0. The minimum Gasteiger partial charge on any atom is -0.393 e. The highest BCUT2D eigenvalue weighted by molar-refractivity contribution is 5.86. The molecular weight excluding hydrogens is 208 g/mol. The standard InChI is InChI=1S/C11H22N2O3/c1-7(2)4-5-9(14)6-10(15)13-8(3)11(12)16/h7-9,14H,4-6H2,1-3H3,(H2,12,16)(H,13,15). The first-order chi connectivity index (χ1) is 7.32. The Bertz CT molecular complexity index is 241. The van der Waals surface area contributed by atoms with Gasteiger partial charge in [0.1, 0.15) is 6.04 Å². The molecule has 2 atom stereocenters. The molecule has 0 aliphatic heterocycles. The van der Waals surface area contributed by atoms with Crippen LogP contribution in [0, 0.1) is 5.92 Å². The van der Waals surface area contributed by atoms with Gasteiger partial charge < -0.3 is 16.2 Å². The Balaban J connectivity index is 3.82. The third kappa shape index (κ3) is 7.23. The zero-order valence-corrected chi connectivity index (χ0v) is 10.2. The van der Waals surface area contributed by atoms with E-state index in [1.807, 2.05) is 0 Å². The number of nitrogens with two attached hydrogens (primary N) is 1. The van der Waals surface area contributed by atoms with Crippen LogP contribution in [0.4, 0.5) is 0 Å². The van der Waals surface area contributed by atoms with Crippen molar-refractivity contribution in [3.05, 3.63) is 0 Å². The van der Waals surface area contributed by atoms with Gasteiger partial charge in [0.25, 0.3) is 0 Å². The first-order valence-electron chi connectivity index (χ1n) is 5.59. The molecule has 0 aromatic carbocycles. The Kier molecular flexibility index (Phi) is 6.72. The Hall–Kier alpha value is -1.10. The maximum atomic E-state index is 11.3. The molecule has 0 aliphatic rings. The number of primary amides is 1. The molecule has 0 aromatic heterocycles. The van der Waals surface area contributed by atoms with Crippen LogP contribution in [0.2, 0.25) is 0 Å². The van der Waals surface area contributed by atoms with Gasteiger partial charge in [-0.25, -0.2) is 0 Å². The molecule has 0 radical (unpaired) electrons. The van der Waals surface area contributed by atoms with Crippen molar-refractivity contribution in [3.8, 4) is 0 Å². The third-order valence-corrected chi connectivity index (χ3v) is 2.30. The van der Waals surface area contributed by atoms with Crippen LogP contribution in [-0.2, 0) is 9.59 Å². The smallest absolute Gasteiger partial charge is 0.239 e. The lowest BCUT2D eigenvalue weighted by atomic mass is 10.0. The molecule has 5 heteroatoms. The second-order valence-corrected chi connectivity index (χ2v) is 4.52. The largest absolute Gasteiger partial charge is 0.393 e. The molecule has 0 bridgehead atoms. The van der Waals surface area contributed by atoms with E-state index in [0.717, 1.165) is 6.42 Å². The fraction of sp³-hybridized carbons (Fsp3) is 0.818. The van der Waals surface area contributed by atoms with Crippen LogP contribution >= 0.6 is 0 Å². The molecule has 0 heterocycles. The number of rotatable bonds is 7. The van der Waals surface area contributed by atoms with Crippen LogP contribution < -0.4 is 11.1 Å². The molecule has 0 saturated carbocycles. The van der Waals surface area contributed by atoms with Gasteiger partial charge in [0.2, 0.25) is 11.8 Å². The van der Waals surface area contributed by atoms with Gasteiger partial charge in [-0.1, -0.05) is 13.8 Å². The van der Waals surface area contributed by atoms with Crippen molar-refractivity contribution >= 4 is 11.8 Å². The van der Waals surface area contributed by atoms with E-state index < -0.39 is 18.1 Å². The van der Waals surface area contributed by atoms with Gasteiger partial charge >= 0.3 is 0 Å². The lowest BCUT2D eigenvalue weighted by Gasteiger charge is -2.14. The van der Waals surface area contributed by atoms with Gasteiger partial charge in [0.15, 0.2) is 0 Å². The van der Waals surface area contributed by atoms with Crippen molar-refractivity contribution in [2.24, 2.45) is 11.7 Å². The molecule has 0 rings (SSSR count). The Morgan fingerprint density at radius 1 is 1.25 bits per heavy atom. The lowest BCUT2D eigenvalue weighted by molar-refractivity contribution is -0.128. The van der Waals surface area contributed by atoms with Gasteiger partial charge in [-0.05, 0) is 25.7 Å². The third-order valence-electron chi connectivity index (χ3n) is 2.30. The van der Waals surface area contributed by atoms with Crippen molar-refractivity contribution in [2.45, 2.75) is 52.2 Å². The number of aliphatic hydroxyl groups is 1. The monoisotopic (exact) mass is 230 g/mol. The van der Waals surface area contributed by atoms with Crippen LogP contribution in [0.5, 0.6) is 0 Å². The highest BCUT2D eigenvalue weighted by atomic mass is 16.3. The van der Waals surface area contributed by atoms with Gasteiger partial charge in [-0.3, -0.25) is 9.59 Å². The van der Waals surface area contributed by atoms with E-state index in [0.29, 0.717) is 12.3 Å². The molecule has 5 nitrogen and oxygen atoms in total. The molecule has 4 N–H and O–H groups in total. The maximum Gasteiger partial charge on any atom is 0.239 e. The molecule has 16 heavy (non-hydrogen) atoms. The molecule has 0 aromatic rings. The zero-order chi connectivity index (χ0) is 12.7. The Morgan fingerprint density at radius 2 is 1.81 bits per heavy atom. The summed E-state index contributed by atoms with van der Waals surface area (Å²) in [5.74, 6) is -0.421. The highest BCUT2D eigenvalue weighted by Gasteiger charge is 2.15. The molecule has 0 aliphatic carbocycles. The van der Waals surface area contributed by atoms with Gasteiger partial charge in [0, 0.05) is 0 Å². The normalized spacial score (nSPS) is 14.6. The van der Waals surface area contributed by atoms with Crippen molar-refractivity contribution in [1.82, 2.24) is 5.32 Å². The van der Waals surface area contributed by atoms with E-state index in [1.54, 1.807) is 0 Å². The fourth-order valence-corrected chi connectivity index (χ4v) is 1.21. The average molecular weight is 230 g/mol. The number of nitrogens with one attached hydrogen (secondary N) is 1. The number of aliphatic hydroxyl groups excluding tert-OH is 1. The average Bonchev–Trinajstić information content (AvgIpc) is 2.14. The minimum absolute atomic E-state index is 0.0182. The second-order valence-electron chi connectivity index (χ2n) is 4.52. The molecule has 0 fully saturated rings. The summed E-state index contributed by atoms with van der Waals surface area (Å²) in [6, 6.07) is -0.690. The number of carbonyl (C=O) groups excluding carboxylic acids is 2. The van der Waals surface area contributed by atoms with Gasteiger partial charge in [-0.15, -0.1) is 0 Å². The second kappa shape index (κ2) is 7.22. The molecule has 94 valence electrons. The molecule has 2 amide bonds.